The van der Waals surface area contributed by atoms with Crippen LogP contribution in [0.5, 0.6) is 0 Å². The standard InChI is InChI=1S/C19H21N5O/c1-13-4-6-16-15(10-13)18(23-22-16)19(25)21-12-14-5-7-17(20-11-14)24-8-2-3-9-24/h4-7,10-11H,2-3,8-9,12H2,1H3,(H,21,25)(H,22,23). The highest BCUT2D eigenvalue weighted by Gasteiger charge is 2.15. The van der Waals surface area contributed by atoms with Gasteiger partial charge in [-0.15, -0.1) is 0 Å². The minimum Gasteiger partial charge on any atom is -0.357 e. The predicted octanol–water partition coefficient (Wildman–Crippen LogP) is 2.80. The fourth-order valence-electron chi connectivity index (χ4n) is 3.22. The minimum absolute atomic E-state index is 0.180. The molecule has 1 aromatic carbocycles. The summed E-state index contributed by atoms with van der Waals surface area (Å²) in [5.41, 5.74) is 3.38. The van der Waals surface area contributed by atoms with Crippen molar-refractivity contribution < 1.29 is 4.79 Å². The van der Waals surface area contributed by atoms with Crippen molar-refractivity contribution in [2.75, 3.05) is 18.0 Å². The molecule has 0 spiro atoms. The molecule has 0 saturated carbocycles. The number of nitrogens with one attached hydrogen (secondary N) is 2. The van der Waals surface area contributed by atoms with Gasteiger partial charge in [0.05, 0.1) is 5.52 Å². The molecule has 0 radical (unpaired) electrons. The predicted molar refractivity (Wildman–Crippen MR) is 97.7 cm³/mol. The van der Waals surface area contributed by atoms with Gasteiger partial charge in [-0.25, -0.2) is 4.98 Å². The third kappa shape index (κ3) is 3.20. The maximum absolute atomic E-state index is 12.5. The number of aromatic amines is 1. The average molecular weight is 335 g/mol. The van der Waals surface area contributed by atoms with Crippen molar-refractivity contribution in [1.29, 1.82) is 0 Å². The number of carbonyl (C=O) groups excluding carboxylic acids is 1. The summed E-state index contributed by atoms with van der Waals surface area (Å²) in [5, 5.41) is 10.8. The quantitative estimate of drug-likeness (QED) is 0.769. The summed E-state index contributed by atoms with van der Waals surface area (Å²) in [6.07, 6.45) is 4.30. The zero-order chi connectivity index (χ0) is 17.2. The number of nitrogens with zero attached hydrogens (tertiary/aromatic N) is 3. The maximum atomic E-state index is 12.5. The van der Waals surface area contributed by atoms with Gasteiger partial charge in [-0.2, -0.15) is 5.10 Å². The molecule has 1 amide bonds. The van der Waals surface area contributed by atoms with Crippen molar-refractivity contribution >= 4 is 22.6 Å². The number of anilines is 1. The van der Waals surface area contributed by atoms with Gasteiger partial charge in [0, 0.05) is 31.2 Å². The van der Waals surface area contributed by atoms with E-state index < -0.39 is 0 Å². The number of rotatable bonds is 4. The molecule has 6 heteroatoms. The van der Waals surface area contributed by atoms with Gasteiger partial charge in [0.2, 0.25) is 0 Å². The number of fused-ring (bicyclic) bond motifs is 1. The molecule has 3 aromatic rings. The first-order valence-electron chi connectivity index (χ1n) is 8.63. The molecule has 25 heavy (non-hydrogen) atoms. The molecule has 2 aromatic heterocycles. The number of H-pyrrole nitrogens is 1. The number of aryl methyl sites for hydroxylation is 1. The Bertz CT molecular complexity index is 894. The number of aromatic nitrogens is 3. The highest BCUT2D eigenvalue weighted by molar-refractivity contribution is 6.04. The Morgan fingerprint density at radius 2 is 2.08 bits per heavy atom. The Morgan fingerprint density at radius 3 is 2.84 bits per heavy atom. The summed E-state index contributed by atoms with van der Waals surface area (Å²) in [7, 11) is 0. The molecule has 3 heterocycles. The van der Waals surface area contributed by atoms with Crippen molar-refractivity contribution in [2.45, 2.75) is 26.3 Å². The smallest absolute Gasteiger partial charge is 0.272 e. The number of hydrogen-bond acceptors (Lipinski definition) is 4. The van der Waals surface area contributed by atoms with Gasteiger partial charge < -0.3 is 10.2 Å². The zero-order valence-corrected chi connectivity index (χ0v) is 14.2. The van der Waals surface area contributed by atoms with E-state index in [1.54, 1.807) is 0 Å². The van der Waals surface area contributed by atoms with Gasteiger partial charge in [0.15, 0.2) is 5.69 Å². The monoisotopic (exact) mass is 335 g/mol. The first kappa shape index (κ1) is 15.6. The SMILES string of the molecule is Cc1ccc2[nH]nc(C(=O)NCc3ccc(N4CCCC4)nc3)c2c1. The van der Waals surface area contributed by atoms with Crippen LogP contribution in [-0.2, 0) is 6.54 Å². The summed E-state index contributed by atoms with van der Waals surface area (Å²) < 4.78 is 0. The van der Waals surface area contributed by atoms with Crippen LogP contribution in [0.25, 0.3) is 10.9 Å². The first-order chi connectivity index (χ1) is 12.2. The zero-order valence-electron chi connectivity index (χ0n) is 14.2. The van der Waals surface area contributed by atoms with Crippen LogP contribution in [0.3, 0.4) is 0 Å². The molecular formula is C19H21N5O. The Kier molecular flexibility index (Phi) is 4.09. The molecule has 1 aliphatic heterocycles. The second-order valence-electron chi connectivity index (χ2n) is 6.52. The van der Waals surface area contributed by atoms with E-state index >= 15 is 0 Å². The number of benzene rings is 1. The van der Waals surface area contributed by atoms with Crippen LogP contribution in [-0.4, -0.2) is 34.2 Å². The lowest BCUT2D eigenvalue weighted by Crippen LogP contribution is -2.24. The number of hydrogen-bond donors (Lipinski definition) is 2. The maximum Gasteiger partial charge on any atom is 0.272 e. The van der Waals surface area contributed by atoms with Crippen LogP contribution >= 0.6 is 0 Å². The number of carbonyl (C=O) groups is 1. The lowest BCUT2D eigenvalue weighted by atomic mass is 10.1. The Balaban J connectivity index is 1.43. The molecule has 128 valence electrons. The molecule has 0 bridgehead atoms. The highest BCUT2D eigenvalue weighted by Crippen LogP contribution is 2.19. The van der Waals surface area contributed by atoms with E-state index in [1.165, 1.54) is 12.8 Å². The molecule has 1 aliphatic rings. The lowest BCUT2D eigenvalue weighted by Gasteiger charge is -2.16. The first-order valence-corrected chi connectivity index (χ1v) is 8.63. The van der Waals surface area contributed by atoms with Gasteiger partial charge in [0.25, 0.3) is 5.91 Å². The summed E-state index contributed by atoms with van der Waals surface area (Å²) in [4.78, 5) is 19.3. The van der Waals surface area contributed by atoms with E-state index in [0.29, 0.717) is 12.2 Å². The lowest BCUT2D eigenvalue weighted by molar-refractivity contribution is 0.0947. The van der Waals surface area contributed by atoms with E-state index in [4.69, 9.17) is 0 Å². The highest BCUT2D eigenvalue weighted by atomic mass is 16.1. The third-order valence-corrected chi connectivity index (χ3v) is 4.63. The summed E-state index contributed by atoms with van der Waals surface area (Å²) >= 11 is 0. The summed E-state index contributed by atoms with van der Waals surface area (Å²) in [5.74, 6) is 0.835. The Hall–Kier alpha value is -2.89. The van der Waals surface area contributed by atoms with Crippen molar-refractivity contribution in [3.63, 3.8) is 0 Å². The fraction of sp³-hybridized carbons (Fsp3) is 0.316. The van der Waals surface area contributed by atoms with E-state index in [-0.39, 0.29) is 5.91 Å². The molecule has 1 saturated heterocycles. The van der Waals surface area contributed by atoms with Gasteiger partial charge in [0.1, 0.15) is 5.82 Å². The largest absolute Gasteiger partial charge is 0.357 e. The van der Waals surface area contributed by atoms with Crippen molar-refractivity contribution in [3.05, 3.63) is 53.3 Å². The van der Waals surface area contributed by atoms with E-state index in [9.17, 15) is 4.79 Å². The van der Waals surface area contributed by atoms with Gasteiger partial charge in [-0.1, -0.05) is 17.7 Å². The van der Waals surface area contributed by atoms with Gasteiger partial charge in [-0.3, -0.25) is 9.89 Å². The van der Waals surface area contributed by atoms with E-state index in [1.807, 2.05) is 43.5 Å². The molecule has 0 aliphatic carbocycles. The molecule has 2 N–H and O–H groups in total. The van der Waals surface area contributed by atoms with Crippen LogP contribution in [0.2, 0.25) is 0 Å². The number of pyridine rings is 1. The van der Waals surface area contributed by atoms with Gasteiger partial charge >= 0.3 is 0 Å². The van der Waals surface area contributed by atoms with Crippen molar-refractivity contribution in [2.24, 2.45) is 0 Å². The topological polar surface area (TPSA) is 73.9 Å². The van der Waals surface area contributed by atoms with Crippen LogP contribution in [0.15, 0.2) is 36.5 Å². The second-order valence-corrected chi connectivity index (χ2v) is 6.52. The normalized spacial score (nSPS) is 14.2. The molecule has 0 atom stereocenters. The van der Waals surface area contributed by atoms with Crippen LogP contribution < -0.4 is 10.2 Å². The molecule has 4 rings (SSSR count). The van der Waals surface area contributed by atoms with E-state index in [0.717, 1.165) is 40.9 Å². The van der Waals surface area contributed by atoms with E-state index in [2.05, 4.69) is 25.4 Å². The number of amides is 1. The molecule has 6 nitrogen and oxygen atoms in total. The van der Waals surface area contributed by atoms with Crippen LogP contribution in [0.4, 0.5) is 5.82 Å². The second kappa shape index (κ2) is 6.55. The third-order valence-electron chi connectivity index (χ3n) is 4.63. The molecule has 1 fully saturated rings. The molecular weight excluding hydrogens is 314 g/mol. The van der Waals surface area contributed by atoms with Crippen molar-refractivity contribution in [3.8, 4) is 0 Å². The van der Waals surface area contributed by atoms with Gasteiger partial charge in [-0.05, 0) is 43.5 Å². The summed E-state index contributed by atoms with van der Waals surface area (Å²) in [6.45, 7) is 4.59. The Morgan fingerprint density at radius 1 is 1.24 bits per heavy atom. The average Bonchev–Trinajstić information content (AvgIpc) is 3.29. The minimum atomic E-state index is -0.180. The summed E-state index contributed by atoms with van der Waals surface area (Å²) in [6, 6.07) is 9.96. The van der Waals surface area contributed by atoms with Crippen LogP contribution in [0, 0.1) is 6.92 Å². The fourth-order valence-corrected chi connectivity index (χ4v) is 3.22. The van der Waals surface area contributed by atoms with Crippen LogP contribution in [0.1, 0.15) is 34.5 Å². The molecule has 0 unspecified atom stereocenters. The van der Waals surface area contributed by atoms with Crippen molar-refractivity contribution in [1.82, 2.24) is 20.5 Å². The Labute approximate surface area is 146 Å².